The molecule has 0 saturated heterocycles. The van der Waals surface area contributed by atoms with Crippen molar-refractivity contribution in [1.82, 2.24) is 10.6 Å². The van der Waals surface area contributed by atoms with Crippen LogP contribution in [0.1, 0.15) is 30.4 Å². The maximum atomic E-state index is 13.6. The number of fused-ring (bicyclic) bond motifs is 1. The van der Waals surface area contributed by atoms with Gasteiger partial charge in [0, 0.05) is 25.9 Å². The molecule has 4 rings (SSSR count). The largest absolute Gasteiger partial charge is 0.354 e. The molecule has 4 aromatic carbocycles. The van der Waals surface area contributed by atoms with E-state index < -0.39 is 16.1 Å². The number of hydrogen-bond acceptors (Lipinski definition) is 5. The van der Waals surface area contributed by atoms with E-state index in [2.05, 4.69) is 10.6 Å². The first-order chi connectivity index (χ1) is 20.3. The number of benzene rings is 4. The quantitative estimate of drug-likeness (QED) is 0.175. The second-order valence-corrected chi connectivity index (χ2v) is 12.1. The summed E-state index contributed by atoms with van der Waals surface area (Å²) in [5, 5.41) is 7.89. The van der Waals surface area contributed by atoms with Gasteiger partial charge in [0.15, 0.2) is 0 Å². The Kier molecular flexibility index (Phi) is 12.5. The van der Waals surface area contributed by atoms with Crippen LogP contribution in [0.5, 0.6) is 0 Å². The van der Waals surface area contributed by atoms with Gasteiger partial charge in [-0.25, -0.2) is 8.42 Å². The number of nitrogens with one attached hydrogen (secondary N) is 2. The standard InChI is InChI=1S/C33H38N4O4S.ClH/c1-25-14-18-30(19-15-25)42(40,41)37(29-11-3-2-4-12-29)22-7-13-32(38)36-31(33(39)35-21-8-20-34)24-26-16-17-27-9-5-6-10-28(27)23-26;/h2-6,9-12,14-19,23,31H,7-8,13,20-22,24,34H2,1H3,(H,35,39)(H,36,38);1H/t31-;/m1./s1. The van der Waals surface area contributed by atoms with Crippen LogP contribution >= 0.6 is 12.4 Å². The van der Waals surface area contributed by atoms with Crippen LogP contribution in [0.25, 0.3) is 10.8 Å². The highest BCUT2D eigenvalue weighted by Gasteiger charge is 2.26. The molecule has 0 aliphatic carbocycles. The lowest BCUT2D eigenvalue weighted by molar-refractivity contribution is -0.129. The summed E-state index contributed by atoms with van der Waals surface area (Å²) in [4.78, 5) is 26.3. The van der Waals surface area contributed by atoms with Gasteiger partial charge in [-0.2, -0.15) is 0 Å². The molecular formula is C33H39ClN4O4S. The second kappa shape index (κ2) is 16.1. The molecule has 4 aromatic rings. The zero-order valence-corrected chi connectivity index (χ0v) is 25.9. The maximum absolute atomic E-state index is 13.6. The predicted molar refractivity (Wildman–Crippen MR) is 175 cm³/mol. The minimum Gasteiger partial charge on any atom is -0.354 e. The van der Waals surface area contributed by atoms with Gasteiger partial charge in [-0.15, -0.1) is 12.4 Å². The minimum atomic E-state index is -3.85. The summed E-state index contributed by atoms with van der Waals surface area (Å²) in [6.07, 6.45) is 1.27. The summed E-state index contributed by atoms with van der Waals surface area (Å²) in [7, 11) is -3.85. The molecular weight excluding hydrogens is 584 g/mol. The van der Waals surface area contributed by atoms with Crippen LogP contribution in [0.4, 0.5) is 5.69 Å². The molecule has 10 heteroatoms. The first-order valence-electron chi connectivity index (χ1n) is 14.2. The average Bonchev–Trinajstić information content (AvgIpc) is 2.99. The Morgan fingerprint density at radius 3 is 2.23 bits per heavy atom. The van der Waals surface area contributed by atoms with Crippen LogP contribution in [0.3, 0.4) is 0 Å². The molecule has 0 aromatic heterocycles. The summed E-state index contributed by atoms with van der Waals surface area (Å²) in [5.41, 5.74) is 7.98. The first kappa shape index (κ1) is 33.6. The number of hydrogen-bond donors (Lipinski definition) is 3. The lowest BCUT2D eigenvalue weighted by atomic mass is 10.0. The number of nitrogens with zero attached hydrogens (tertiary/aromatic N) is 1. The number of aryl methyl sites for hydroxylation is 1. The van der Waals surface area contributed by atoms with Gasteiger partial charge < -0.3 is 16.4 Å². The Morgan fingerprint density at radius 2 is 1.53 bits per heavy atom. The van der Waals surface area contributed by atoms with Crippen molar-refractivity contribution in [3.63, 3.8) is 0 Å². The molecule has 4 N–H and O–H groups in total. The van der Waals surface area contributed by atoms with E-state index in [1.165, 1.54) is 4.31 Å². The lowest BCUT2D eigenvalue weighted by Crippen LogP contribution is -2.48. The van der Waals surface area contributed by atoms with Gasteiger partial charge >= 0.3 is 0 Å². The number of sulfonamides is 1. The van der Waals surface area contributed by atoms with Crippen LogP contribution in [0, 0.1) is 6.92 Å². The van der Waals surface area contributed by atoms with E-state index in [1.54, 1.807) is 48.5 Å². The molecule has 0 aliphatic rings. The van der Waals surface area contributed by atoms with Gasteiger partial charge in [0.05, 0.1) is 10.6 Å². The van der Waals surface area contributed by atoms with E-state index in [4.69, 9.17) is 5.73 Å². The van der Waals surface area contributed by atoms with E-state index in [0.29, 0.717) is 31.6 Å². The molecule has 0 aliphatic heterocycles. The summed E-state index contributed by atoms with van der Waals surface area (Å²) >= 11 is 0. The van der Waals surface area contributed by atoms with Crippen LogP contribution < -0.4 is 20.7 Å². The van der Waals surface area contributed by atoms with Crippen molar-refractivity contribution in [2.75, 3.05) is 23.9 Å². The molecule has 0 bridgehead atoms. The Morgan fingerprint density at radius 1 is 0.860 bits per heavy atom. The van der Waals surface area contributed by atoms with Gasteiger partial charge in [-0.1, -0.05) is 78.4 Å². The highest BCUT2D eigenvalue weighted by Crippen LogP contribution is 2.24. The third-order valence-electron chi connectivity index (χ3n) is 7.00. The molecule has 2 amide bonds. The fourth-order valence-corrected chi connectivity index (χ4v) is 6.22. The van der Waals surface area contributed by atoms with Crippen molar-refractivity contribution >= 4 is 50.7 Å². The third kappa shape index (κ3) is 9.28. The molecule has 0 radical (unpaired) electrons. The molecule has 43 heavy (non-hydrogen) atoms. The Balaban J connectivity index is 0.00000506. The van der Waals surface area contributed by atoms with Gasteiger partial charge in [-0.05, 0) is 66.9 Å². The van der Waals surface area contributed by atoms with Crippen molar-refractivity contribution in [2.45, 2.75) is 43.5 Å². The number of nitrogens with two attached hydrogens (primary N) is 1. The van der Waals surface area contributed by atoms with E-state index in [1.807, 2.05) is 55.5 Å². The summed E-state index contributed by atoms with van der Waals surface area (Å²) in [6.45, 7) is 2.87. The number of carbonyl (C=O) groups is 2. The number of anilines is 1. The molecule has 0 spiro atoms. The molecule has 8 nitrogen and oxygen atoms in total. The van der Waals surface area contributed by atoms with Crippen LogP contribution in [-0.4, -0.2) is 45.9 Å². The number of amides is 2. The molecule has 0 heterocycles. The lowest BCUT2D eigenvalue weighted by Gasteiger charge is -2.25. The van der Waals surface area contributed by atoms with Crippen molar-refractivity contribution in [1.29, 1.82) is 0 Å². The Hall–Kier alpha value is -3.92. The highest BCUT2D eigenvalue weighted by molar-refractivity contribution is 7.92. The van der Waals surface area contributed by atoms with Crippen molar-refractivity contribution in [3.8, 4) is 0 Å². The Labute approximate surface area is 260 Å². The number of carbonyl (C=O) groups excluding carboxylic acids is 2. The average molecular weight is 623 g/mol. The second-order valence-electron chi connectivity index (χ2n) is 10.3. The molecule has 0 unspecified atom stereocenters. The van der Waals surface area contributed by atoms with Gasteiger partial charge in [0.1, 0.15) is 6.04 Å². The summed E-state index contributed by atoms with van der Waals surface area (Å²) < 4.78 is 28.5. The highest BCUT2D eigenvalue weighted by atomic mass is 35.5. The van der Waals surface area contributed by atoms with Gasteiger partial charge in [0.2, 0.25) is 11.8 Å². The number of para-hydroxylation sites is 1. The molecule has 228 valence electrons. The smallest absolute Gasteiger partial charge is 0.264 e. The Bertz CT molecular complexity index is 1600. The first-order valence-corrected chi connectivity index (χ1v) is 15.6. The van der Waals surface area contributed by atoms with E-state index in [-0.39, 0.29) is 48.5 Å². The van der Waals surface area contributed by atoms with Crippen LogP contribution in [0.2, 0.25) is 0 Å². The third-order valence-corrected chi connectivity index (χ3v) is 8.85. The summed E-state index contributed by atoms with van der Waals surface area (Å²) in [6, 6.07) is 28.7. The number of halogens is 1. The number of rotatable bonds is 14. The van der Waals surface area contributed by atoms with Crippen LogP contribution in [-0.2, 0) is 26.0 Å². The van der Waals surface area contributed by atoms with Crippen molar-refractivity contribution in [2.24, 2.45) is 5.73 Å². The van der Waals surface area contributed by atoms with Gasteiger partial charge in [-0.3, -0.25) is 13.9 Å². The zero-order valence-electron chi connectivity index (χ0n) is 24.2. The maximum Gasteiger partial charge on any atom is 0.264 e. The molecule has 1 atom stereocenters. The zero-order chi connectivity index (χ0) is 30.0. The van der Waals surface area contributed by atoms with Crippen molar-refractivity contribution < 1.29 is 18.0 Å². The van der Waals surface area contributed by atoms with Crippen LogP contribution in [0.15, 0.2) is 102 Å². The predicted octanol–water partition coefficient (Wildman–Crippen LogP) is 4.74. The fraction of sp³-hybridized carbons (Fsp3) is 0.273. The minimum absolute atomic E-state index is 0. The SMILES string of the molecule is Cc1ccc(S(=O)(=O)N(CCCC(=O)N[C@H](Cc2ccc3ccccc3c2)C(=O)NCCCN)c2ccccc2)cc1.Cl. The van der Waals surface area contributed by atoms with E-state index >= 15 is 0 Å². The fourth-order valence-electron chi connectivity index (χ4n) is 4.72. The van der Waals surface area contributed by atoms with Gasteiger partial charge in [0.25, 0.3) is 10.0 Å². The topological polar surface area (TPSA) is 122 Å². The normalized spacial score (nSPS) is 11.8. The summed E-state index contributed by atoms with van der Waals surface area (Å²) in [5.74, 6) is -0.603. The van der Waals surface area contributed by atoms with E-state index in [0.717, 1.165) is 21.9 Å². The molecule has 0 fully saturated rings. The molecule has 0 saturated carbocycles. The van der Waals surface area contributed by atoms with E-state index in [9.17, 15) is 18.0 Å². The van der Waals surface area contributed by atoms with Crippen molar-refractivity contribution in [3.05, 3.63) is 108 Å². The monoisotopic (exact) mass is 622 g/mol.